The van der Waals surface area contributed by atoms with Crippen LogP contribution in [0.15, 0.2) is 24.3 Å². The van der Waals surface area contributed by atoms with E-state index in [9.17, 15) is 9.18 Å². The Morgan fingerprint density at radius 3 is 2.56 bits per heavy atom. The average molecular weight is 253 g/mol. The molecule has 0 aromatic heterocycles. The van der Waals surface area contributed by atoms with E-state index in [4.69, 9.17) is 5.11 Å². The summed E-state index contributed by atoms with van der Waals surface area (Å²) in [6, 6.07) is 5.50. The van der Waals surface area contributed by atoms with Crippen molar-refractivity contribution in [2.75, 3.05) is 0 Å². The summed E-state index contributed by atoms with van der Waals surface area (Å²) in [4.78, 5) is 11.2. The van der Waals surface area contributed by atoms with Gasteiger partial charge in [0.1, 0.15) is 11.9 Å². The lowest BCUT2D eigenvalue weighted by Gasteiger charge is -2.25. The Balaban J connectivity index is 2.87. The fraction of sp³-hybridized carbons (Fsp3) is 0.500. The van der Waals surface area contributed by atoms with Crippen LogP contribution in [0.5, 0.6) is 0 Å². The van der Waals surface area contributed by atoms with Crippen molar-refractivity contribution in [1.29, 1.82) is 0 Å². The van der Waals surface area contributed by atoms with Crippen molar-refractivity contribution in [2.45, 2.75) is 39.3 Å². The standard InChI is InChI=1S/C14H20FNO2/c1-4-12(10-6-5-7-11(15)8-10)16-13(9(2)3)14(17)18/h5-9,12-13,16H,4H2,1-3H3,(H,17,18). The Morgan fingerprint density at radius 2 is 2.11 bits per heavy atom. The van der Waals surface area contributed by atoms with Crippen molar-refractivity contribution in [1.82, 2.24) is 5.32 Å². The molecule has 2 atom stereocenters. The van der Waals surface area contributed by atoms with E-state index in [0.29, 0.717) is 6.42 Å². The second kappa shape index (κ2) is 6.50. The van der Waals surface area contributed by atoms with Gasteiger partial charge in [0.2, 0.25) is 0 Å². The Hall–Kier alpha value is -1.42. The van der Waals surface area contributed by atoms with Gasteiger partial charge in [-0.05, 0) is 30.0 Å². The highest BCUT2D eigenvalue weighted by molar-refractivity contribution is 5.73. The molecule has 18 heavy (non-hydrogen) atoms. The molecule has 0 radical (unpaired) electrons. The molecular formula is C14H20FNO2. The number of carboxylic acids is 1. The first kappa shape index (κ1) is 14.6. The van der Waals surface area contributed by atoms with E-state index in [0.717, 1.165) is 5.56 Å². The zero-order valence-corrected chi connectivity index (χ0v) is 11.0. The van der Waals surface area contributed by atoms with Gasteiger partial charge in [0.25, 0.3) is 0 Å². The number of rotatable bonds is 6. The van der Waals surface area contributed by atoms with Gasteiger partial charge >= 0.3 is 5.97 Å². The van der Waals surface area contributed by atoms with Crippen LogP contribution in [0, 0.1) is 11.7 Å². The molecule has 0 bridgehead atoms. The van der Waals surface area contributed by atoms with E-state index in [-0.39, 0.29) is 17.8 Å². The number of halogens is 1. The van der Waals surface area contributed by atoms with Crippen molar-refractivity contribution < 1.29 is 14.3 Å². The van der Waals surface area contributed by atoms with Crippen molar-refractivity contribution in [2.24, 2.45) is 5.92 Å². The second-order valence-corrected chi connectivity index (χ2v) is 4.74. The highest BCUT2D eigenvalue weighted by Crippen LogP contribution is 2.19. The maximum atomic E-state index is 13.2. The fourth-order valence-electron chi connectivity index (χ4n) is 1.94. The first-order chi connectivity index (χ1) is 8.45. The zero-order chi connectivity index (χ0) is 13.7. The molecule has 0 amide bonds. The quantitative estimate of drug-likeness (QED) is 0.819. The third-order valence-electron chi connectivity index (χ3n) is 2.97. The van der Waals surface area contributed by atoms with Crippen molar-refractivity contribution >= 4 is 5.97 Å². The van der Waals surface area contributed by atoms with Crippen LogP contribution in [-0.4, -0.2) is 17.1 Å². The smallest absolute Gasteiger partial charge is 0.320 e. The summed E-state index contributed by atoms with van der Waals surface area (Å²) in [6.45, 7) is 5.65. The number of nitrogens with one attached hydrogen (secondary N) is 1. The van der Waals surface area contributed by atoms with Crippen LogP contribution in [0.3, 0.4) is 0 Å². The number of carbonyl (C=O) groups is 1. The van der Waals surface area contributed by atoms with Gasteiger partial charge in [0, 0.05) is 6.04 Å². The number of benzene rings is 1. The first-order valence-corrected chi connectivity index (χ1v) is 6.20. The fourth-order valence-corrected chi connectivity index (χ4v) is 1.94. The molecule has 0 fully saturated rings. The summed E-state index contributed by atoms with van der Waals surface area (Å²) in [5, 5.41) is 12.2. The third-order valence-corrected chi connectivity index (χ3v) is 2.97. The van der Waals surface area contributed by atoms with Crippen molar-refractivity contribution in [3.05, 3.63) is 35.6 Å². The number of hydrogen-bond acceptors (Lipinski definition) is 2. The molecule has 4 heteroatoms. The molecule has 1 aromatic carbocycles. The minimum atomic E-state index is -0.875. The molecule has 3 nitrogen and oxygen atoms in total. The van der Waals surface area contributed by atoms with Crippen LogP contribution in [0.1, 0.15) is 38.8 Å². The van der Waals surface area contributed by atoms with Crippen LogP contribution >= 0.6 is 0 Å². The molecule has 1 aromatic rings. The third kappa shape index (κ3) is 3.81. The summed E-state index contributed by atoms with van der Waals surface area (Å²) in [5.74, 6) is -1.20. The highest BCUT2D eigenvalue weighted by atomic mass is 19.1. The van der Waals surface area contributed by atoms with Gasteiger partial charge in [0.15, 0.2) is 0 Å². The van der Waals surface area contributed by atoms with Gasteiger partial charge < -0.3 is 5.11 Å². The van der Waals surface area contributed by atoms with Crippen LogP contribution in [-0.2, 0) is 4.79 Å². The van der Waals surface area contributed by atoms with Crippen LogP contribution < -0.4 is 5.32 Å². The molecule has 0 aliphatic heterocycles. The summed E-state index contributed by atoms with van der Waals surface area (Å²) < 4.78 is 13.2. The van der Waals surface area contributed by atoms with Gasteiger partial charge in [0.05, 0.1) is 0 Å². The summed E-state index contributed by atoms with van der Waals surface area (Å²) in [5.41, 5.74) is 0.782. The van der Waals surface area contributed by atoms with Crippen LogP contribution in [0.4, 0.5) is 4.39 Å². The molecule has 0 aliphatic carbocycles. The topological polar surface area (TPSA) is 49.3 Å². The van der Waals surface area contributed by atoms with E-state index < -0.39 is 12.0 Å². The lowest BCUT2D eigenvalue weighted by Crippen LogP contribution is -2.42. The number of hydrogen-bond donors (Lipinski definition) is 2. The molecule has 1 rings (SSSR count). The summed E-state index contributed by atoms with van der Waals surface area (Å²) >= 11 is 0. The summed E-state index contributed by atoms with van der Waals surface area (Å²) in [6.07, 6.45) is 0.708. The van der Waals surface area contributed by atoms with Crippen LogP contribution in [0.25, 0.3) is 0 Å². The van der Waals surface area contributed by atoms with Crippen LogP contribution in [0.2, 0.25) is 0 Å². The van der Waals surface area contributed by atoms with E-state index in [2.05, 4.69) is 5.32 Å². The summed E-state index contributed by atoms with van der Waals surface area (Å²) in [7, 11) is 0. The molecule has 100 valence electrons. The SMILES string of the molecule is CCC(NC(C(=O)O)C(C)C)c1cccc(F)c1. The van der Waals surface area contributed by atoms with Gasteiger partial charge in [-0.3, -0.25) is 10.1 Å². The number of aliphatic carboxylic acids is 1. The van der Waals surface area contributed by atoms with E-state index >= 15 is 0 Å². The molecular weight excluding hydrogens is 233 g/mol. The molecule has 0 spiro atoms. The lowest BCUT2D eigenvalue weighted by molar-refractivity contribution is -0.140. The predicted molar refractivity (Wildman–Crippen MR) is 68.8 cm³/mol. The van der Waals surface area contributed by atoms with Gasteiger partial charge in [-0.15, -0.1) is 0 Å². The Kier molecular flexibility index (Phi) is 5.28. The maximum absolute atomic E-state index is 13.2. The molecule has 0 heterocycles. The van der Waals surface area contributed by atoms with E-state index in [1.165, 1.54) is 12.1 Å². The molecule has 2 unspecified atom stereocenters. The second-order valence-electron chi connectivity index (χ2n) is 4.74. The molecule has 2 N–H and O–H groups in total. The Morgan fingerprint density at radius 1 is 1.44 bits per heavy atom. The van der Waals surface area contributed by atoms with Gasteiger partial charge in [-0.25, -0.2) is 4.39 Å². The lowest BCUT2D eigenvalue weighted by atomic mass is 9.99. The molecule has 0 aliphatic rings. The van der Waals surface area contributed by atoms with Gasteiger partial charge in [-0.2, -0.15) is 0 Å². The predicted octanol–water partition coefficient (Wildman–Crippen LogP) is 2.98. The monoisotopic (exact) mass is 253 g/mol. The first-order valence-electron chi connectivity index (χ1n) is 6.20. The zero-order valence-electron chi connectivity index (χ0n) is 11.0. The average Bonchev–Trinajstić information content (AvgIpc) is 2.29. The highest BCUT2D eigenvalue weighted by Gasteiger charge is 2.24. The Bertz CT molecular complexity index is 407. The normalized spacial score (nSPS) is 14.5. The minimum absolute atomic E-state index is 0.0230. The Labute approximate surface area is 107 Å². The number of carboxylic acid groups (broad SMARTS) is 1. The van der Waals surface area contributed by atoms with Crippen molar-refractivity contribution in [3.8, 4) is 0 Å². The largest absolute Gasteiger partial charge is 0.480 e. The van der Waals surface area contributed by atoms with Gasteiger partial charge in [-0.1, -0.05) is 32.9 Å². The molecule has 0 saturated heterocycles. The van der Waals surface area contributed by atoms with Crippen molar-refractivity contribution in [3.63, 3.8) is 0 Å². The van der Waals surface area contributed by atoms with E-state index in [1.807, 2.05) is 26.8 Å². The molecule has 0 saturated carbocycles. The maximum Gasteiger partial charge on any atom is 0.320 e. The van der Waals surface area contributed by atoms with E-state index in [1.54, 1.807) is 6.07 Å². The minimum Gasteiger partial charge on any atom is -0.480 e.